The highest BCUT2D eigenvalue weighted by Crippen LogP contribution is 2.18. The number of benzene rings is 1. The Morgan fingerprint density at radius 3 is 2.81 bits per heavy atom. The summed E-state index contributed by atoms with van der Waals surface area (Å²) in [4.78, 5) is 25.7. The van der Waals surface area contributed by atoms with E-state index < -0.39 is 0 Å². The first-order valence-electron chi connectivity index (χ1n) is 7.36. The summed E-state index contributed by atoms with van der Waals surface area (Å²) in [5.74, 6) is -0.221. The molecule has 0 aliphatic carbocycles. The van der Waals surface area contributed by atoms with Crippen LogP contribution in [0.2, 0.25) is 0 Å². The Labute approximate surface area is 125 Å². The number of piperidine rings is 1. The van der Waals surface area contributed by atoms with E-state index in [2.05, 4.69) is 5.32 Å². The van der Waals surface area contributed by atoms with Gasteiger partial charge in [-0.2, -0.15) is 0 Å². The average molecular weight is 290 g/mol. The number of nitrogens with one attached hydrogen (secondary N) is 1. The second-order valence-electron chi connectivity index (χ2n) is 5.45. The van der Waals surface area contributed by atoms with Crippen LogP contribution < -0.4 is 5.32 Å². The molecule has 114 valence electrons. The number of anilines is 1. The van der Waals surface area contributed by atoms with Crippen molar-refractivity contribution in [2.45, 2.75) is 32.2 Å². The van der Waals surface area contributed by atoms with E-state index in [9.17, 15) is 14.7 Å². The Bertz CT molecular complexity index is 516. The molecule has 2 rings (SSSR count). The summed E-state index contributed by atoms with van der Waals surface area (Å²) >= 11 is 0. The van der Waals surface area contributed by atoms with Gasteiger partial charge in [0.2, 0.25) is 5.91 Å². The van der Waals surface area contributed by atoms with Crippen LogP contribution in [-0.4, -0.2) is 47.4 Å². The molecule has 1 saturated heterocycles. The molecule has 1 aromatic carbocycles. The molecule has 0 bridgehead atoms. The standard InChI is InChI=1S/C16H22N2O3/c1-12(20)14-7-2-3-8-15(14)17-16(21)10-18-9-5-4-6-13(18)11-19/h2-3,7-8,13,19H,4-6,9-11H2,1H3,(H,17,21). The molecule has 1 fully saturated rings. The number of ketones is 1. The molecular formula is C16H22N2O3. The third-order valence-electron chi connectivity index (χ3n) is 3.89. The first-order chi connectivity index (χ1) is 10.1. The van der Waals surface area contributed by atoms with Crippen LogP contribution in [0.3, 0.4) is 0 Å². The van der Waals surface area contributed by atoms with Gasteiger partial charge in [0.25, 0.3) is 0 Å². The van der Waals surface area contributed by atoms with Crippen molar-refractivity contribution in [3.8, 4) is 0 Å². The fourth-order valence-corrected chi connectivity index (χ4v) is 2.75. The van der Waals surface area contributed by atoms with Crippen molar-refractivity contribution in [2.24, 2.45) is 0 Å². The number of carbonyl (C=O) groups is 2. The number of amides is 1. The lowest BCUT2D eigenvalue weighted by Gasteiger charge is -2.33. The van der Waals surface area contributed by atoms with E-state index in [4.69, 9.17) is 0 Å². The molecule has 0 saturated carbocycles. The van der Waals surface area contributed by atoms with Crippen LogP contribution >= 0.6 is 0 Å². The number of likely N-dealkylation sites (tertiary alicyclic amines) is 1. The molecule has 0 aromatic heterocycles. The van der Waals surface area contributed by atoms with Gasteiger partial charge in [0.15, 0.2) is 5.78 Å². The van der Waals surface area contributed by atoms with Gasteiger partial charge < -0.3 is 10.4 Å². The molecule has 5 nitrogen and oxygen atoms in total. The van der Waals surface area contributed by atoms with Crippen molar-refractivity contribution in [1.82, 2.24) is 4.90 Å². The SMILES string of the molecule is CC(=O)c1ccccc1NC(=O)CN1CCCCC1CO. The van der Waals surface area contributed by atoms with Gasteiger partial charge in [0.05, 0.1) is 18.8 Å². The zero-order valence-electron chi connectivity index (χ0n) is 12.3. The normalized spacial score (nSPS) is 19.2. The minimum atomic E-state index is -0.149. The molecule has 1 heterocycles. The van der Waals surface area contributed by atoms with Gasteiger partial charge in [-0.05, 0) is 38.4 Å². The number of aliphatic hydroxyl groups excluding tert-OH is 1. The lowest BCUT2D eigenvalue weighted by atomic mass is 10.0. The molecule has 0 spiro atoms. The highest BCUT2D eigenvalue weighted by Gasteiger charge is 2.23. The summed E-state index contributed by atoms with van der Waals surface area (Å²) in [5, 5.41) is 12.2. The lowest BCUT2D eigenvalue weighted by molar-refractivity contribution is -0.118. The second kappa shape index (κ2) is 7.33. The van der Waals surface area contributed by atoms with Gasteiger partial charge >= 0.3 is 0 Å². The molecule has 1 aromatic rings. The Balaban J connectivity index is 2.00. The van der Waals surface area contributed by atoms with Crippen LogP contribution in [0.15, 0.2) is 24.3 Å². The van der Waals surface area contributed by atoms with Crippen molar-refractivity contribution < 1.29 is 14.7 Å². The van der Waals surface area contributed by atoms with E-state index in [1.807, 2.05) is 4.90 Å². The number of para-hydroxylation sites is 1. The fraction of sp³-hybridized carbons (Fsp3) is 0.500. The van der Waals surface area contributed by atoms with Crippen LogP contribution in [0.1, 0.15) is 36.5 Å². The first-order valence-corrected chi connectivity index (χ1v) is 7.36. The Kier molecular flexibility index (Phi) is 5.47. The molecule has 1 aliphatic heterocycles. The van der Waals surface area contributed by atoms with Crippen LogP contribution in [0.25, 0.3) is 0 Å². The van der Waals surface area contributed by atoms with Gasteiger partial charge in [0.1, 0.15) is 0 Å². The van der Waals surface area contributed by atoms with Gasteiger partial charge in [-0.1, -0.05) is 18.6 Å². The molecule has 5 heteroatoms. The summed E-state index contributed by atoms with van der Waals surface area (Å²) in [5.41, 5.74) is 1.07. The average Bonchev–Trinajstić information content (AvgIpc) is 2.48. The van der Waals surface area contributed by atoms with Gasteiger partial charge in [0, 0.05) is 11.6 Å². The quantitative estimate of drug-likeness (QED) is 0.809. The number of aliphatic hydroxyl groups is 1. The molecule has 2 N–H and O–H groups in total. The number of carbonyl (C=O) groups excluding carboxylic acids is 2. The summed E-state index contributed by atoms with van der Waals surface area (Å²) in [7, 11) is 0. The highest BCUT2D eigenvalue weighted by molar-refractivity contribution is 6.04. The van der Waals surface area contributed by atoms with Crippen molar-refractivity contribution in [1.29, 1.82) is 0 Å². The second-order valence-corrected chi connectivity index (χ2v) is 5.45. The largest absolute Gasteiger partial charge is 0.395 e. The Morgan fingerprint density at radius 2 is 2.10 bits per heavy atom. The van der Waals surface area contributed by atoms with Crippen LogP contribution in [0, 0.1) is 0 Å². The zero-order chi connectivity index (χ0) is 15.2. The van der Waals surface area contributed by atoms with Crippen molar-refractivity contribution >= 4 is 17.4 Å². The zero-order valence-corrected chi connectivity index (χ0v) is 12.3. The van der Waals surface area contributed by atoms with E-state index >= 15 is 0 Å². The molecular weight excluding hydrogens is 268 g/mol. The van der Waals surface area contributed by atoms with Crippen molar-refractivity contribution in [2.75, 3.05) is 25.0 Å². The fourth-order valence-electron chi connectivity index (χ4n) is 2.75. The summed E-state index contributed by atoms with van der Waals surface area (Å²) in [6, 6.07) is 7.06. The Morgan fingerprint density at radius 1 is 1.33 bits per heavy atom. The number of nitrogens with zero attached hydrogens (tertiary/aromatic N) is 1. The van der Waals surface area contributed by atoms with Crippen LogP contribution in [-0.2, 0) is 4.79 Å². The number of hydrogen-bond donors (Lipinski definition) is 2. The maximum Gasteiger partial charge on any atom is 0.238 e. The van der Waals surface area contributed by atoms with E-state index in [1.54, 1.807) is 24.3 Å². The summed E-state index contributed by atoms with van der Waals surface area (Å²) < 4.78 is 0. The first kappa shape index (κ1) is 15.7. The minimum Gasteiger partial charge on any atom is -0.395 e. The Hall–Kier alpha value is -1.72. The highest BCUT2D eigenvalue weighted by atomic mass is 16.3. The van der Waals surface area contributed by atoms with E-state index in [1.165, 1.54) is 6.92 Å². The number of hydrogen-bond acceptors (Lipinski definition) is 4. The van der Waals surface area contributed by atoms with Crippen molar-refractivity contribution in [3.05, 3.63) is 29.8 Å². The third-order valence-corrected chi connectivity index (χ3v) is 3.89. The van der Waals surface area contributed by atoms with E-state index in [0.717, 1.165) is 25.8 Å². The smallest absolute Gasteiger partial charge is 0.238 e. The molecule has 1 atom stereocenters. The predicted molar refractivity (Wildman–Crippen MR) is 81.4 cm³/mol. The molecule has 21 heavy (non-hydrogen) atoms. The molecule has 1 aliphatic rings. The minimum absolute atomic E-state index is 0.0625. The lowest BCUT2D eigenvalue weighted by Crippen LogP contribution is -2.45. The molecule has 1 amide bonds. The summed E-state index contributed by atoms with van der Waals surface area (Å²) in [6.07, 6.45) is 3.07. The van der Waals surface area contributed by atoms with Crippen LogP contribution in [0.4, 0.5) is 5.69 Å². The molecule has 1 unspecified atom stereocenters. The van der Waals surface area contributed by atoms with Gasteiger partial charge in [-0.25, -0.2) is 0 Å². The summed E-state index contributed by atoms with van der Waals surface area (Å²) in [6.45, 7) is 2.64. The van der Waals surface area contributed by atoms with Gasteiger partial charge in [-0.3, -0.25) is 14.5 Å². The van der Waals surface area contributed by atoms with E-state index in [-0.39, 0.29) is 30.9 Å². The monoisotopic (exact) mass is 290 g/mol. The maximum absolute atomic E-state index is 12.2. The topological polar surface area (TPSA) is 69.6 Å². The van der Waals surface area contributed by atoms with Crippen molar-refractivity contribution in [3.63, 3.8) is 0 Å². The molecule has 0 radical (unpaired) electrons. The van der Waals surface area contributed by atoms with Crippen LogP contribution in [0.5, 0.6) is 0 Å². The maximum atomic E-state index is 12.2. The third kappa shape index (κ3) is 4.12. The van der Waals surface area contributed by atoms with E-state index in [0.29, 0.717) is 11.3 Å². The number of Topliss-reactive ketones (excluding diaryl/α,β-unsaturated/α-hetero) is 1. The van der Waals surface area contributed by atoms with Gasteiger partial charge in [-0.15, -0.1) is 0 Å². The predicted octanol–water partition coefficient (Wildman–Crippen LogP) is 1.67. The number of rotatable bonds is 5.